The van der Waals surface area contributed by atoms with Crippen molar-refractivity contribution in [3.63, 3.8) is 0 Å². The Morgan fingerprint density at radius 2 is 2.46 bits per heavy atom. The Kier molecular flexibility index (Phi) is 4.49. The van der Waals surface area contributed by atoms with E-state index < -0.39 is 0 Å². The van der Waals surface area contributed by atoms with Gasteiger partial charge in [-0.2, -0.15) is 0 Å². The molecule has 0 bridgehead atoms. The van der Waals surface area contributed by atoms with E-state index >= 15 is 0 Å². The highest BCUT2D eigenvalue weighted by Crippen LogP contribution is 2.14. The largest absolute Gasteiger partial charge is 0.320 e. The summed E-state index contributed by atoms with van der Waals surface area (Å²) >= 11 is 1.54. The number of hydrogen-bond acceptors (Lipinski definition) is 3. The molecule has 1 amide bonds. The molecule has 3 nitrogen and oxygen atoms in total. The Morgan fingerprint density at radius 3 is 3.08 bits per heavy atom. The fourth-order valence-electron chi connectivity index (χ4n) is 0.975. The van der Waals surface area contributed by atoms with Crippen LogP contribution in [0.3, 0.4) is 0 Å². The van der Waals surface area contributed by atoms with Crippen molar-refractivity contribution in [2.45, 2.75) is 12.8 Å². The van der Waals surface area contributed by atoms with E-state index in [1.165, 1.54) is 0 Å². The molecule has 1 heterocycles. The number of nitrogens with one attached hydrogen (secondary N) is 2. The van der Waals surface area contributed by atoms with E-state index in [0.29, 0.717) is 6.42 Å². The molecule has 0 radical (unpaired) electrons. The van der Waals surface area contributed by atoms with Crippen LogP contribution < -0.4 is 10.6 Å². The molecule has 72 valence electrons. The van der Waals surface area contributed by atoms with Crippen molar-refractivity contribution >= 4 is 22.2 Å². The van der Waals surface area contributed by atoms with Gasteiger partial charge in [-0.25, -0.2) is 0 Å². The monoisotopic (exact) mass is 198 g/mol. The summed E-state index contributed by atoms with van der Waals surface area (Å²) < 4.78 is 0. The molecule has 0 saturated carbocycles. The molecule has 2 N–H and O–H groups in total. The van der Waals surface area contributed by atoms with Gasteiger partial charge in [0, 0.05) is 6.42 Å². The minimum atomic E-state index is 0.0951. The van der Waals surface area contributed by atoms with Crippen LogP contribution in [-0.2, 0) is 4.79 Å². The summed E-state index contributed by atoms with van der Waals surface area (Å²) in [5.41, 5.74) is 0. The first kappa shape index (κ1) is 10.2. The molecule has 0 fully saturated rings. The van der Waals surface area contributed by atoms with Crippen molar-refractivity contribution in [3.8, 4) is 0 Å². The zero-order chi connectivity index (χ0) is 9.52. The van der Waals surface area contributed by atoms with Crippen LogP contribution in [0.2, 0.25) is 0 Å². The normalized spacial score (nSPS) is 9.92. The topological polar surface area (TPSA) is 41.1 Å². The number of rotatable bonds is 5. The summed E-state index contributed by atoms with van der Waals surface area (Å²) in [6.07, 6.45) is 1.46. The van der Waals surface area contributed by atoms with Crippen LogP contribution in [0.15, 0.2) is 17.5 Å². The fourth-order valence-corrected chi connectivity index (χ4v) is 1.61. The first-order valence-electron chi connectivity index (χ1n) is 4.31. The maximum Gasteiger partial charge on any atom is 0.225 e. The molecule has 1 aromatic rings. The van der Waals surface area contributed by atoms with Crippen LogP contribution >= 0.6 is 11.3 Å². The van der Waals surface area contributed by atoms with Gasteiger partial charge in [-0.3, -0.25) is 4.79 Å². The van der Waals surface area contributed by atoms with Crippen molar-refractivity contribution < 1.29 is 4.79 Å². The minimum Gasteiger partial charge on any atom is -0.320 e. The second-order valence-corrected chi connectivity index (χ2v) is 3.68. The Morgan fingerprint density at radius 1 is 1.62 bits per heavy atom. The lowest BCUT2D eigenvalue weighted by molar-refractivity contribution is -0.116. The predicted molar refractivity (Wildman–Crippen MR) is 56.1 cm³/mol. The van der Waals surface area contributed by atoms with E-state index in [0.717, 1.165) is 18.0 Å². The lowest BCUT2D eigenvalue weighted by Crippen LogP contribution is -2.14. The molecular formula is C9H14N2OS. The molecule has 0 aliphatic carbocycles. The van der Waals surface area contributed by atoms with E-state index in [-0.39, 0.29) is 5.91 Å². The average Bonchev–Trinajstić information content (AvgIpc) is 2.57. The van der Waals surface area contributed by atoms with E-state index in [2.05, 4.69) is 10.6 Å². The molecule has 1 aromatic heterocycles. The Hall–Kier alpha value is -0.870. The van der Waals surface area contributed by atoms with E-state index in [4.69, 9.17) is 0 Å². The number of anilines is 1. The first-order valence-corrected chi connectivity index (χ1v) is 5.19. The average molecular weight is 198 g/mol. The number of amides is 1. The second kappa shape index (κ2) is 5.72. The van der Waals surface area contributed by atoms with Crippen molar-refractivity contribution in [1.29, 1.82) is 0 Å². The van der Waals surface area contributed by atoms with Crippen LogP contribution in [0.1, 0.15) is 12.8 Å². The number of carbonyl (C=O) groups is 1. The first-order chi connectivity index (χ1) is 6.33. The number of carbonyl (C=O) groups excluding carboxylic acids is 1. The third-order valence-corrected chi connectivity index (χ3v) is 2.40. The molecule has 0 aromatic carbocycles. The van der Waals surface area contributed by atoms with Gasteiger partial charge in [0.15, 0.2) is 0 Å². The van der Waals surface area contributed by atoms with Gasteiger partial charge in [0.2, 0.25) is 5.91 Å². The van der Waals surface area contributed by atoms with Gasteiger partial charge in [0.1, 0.15) is 0 Å². The summed E-state index contributed by atoms with van der Waals surface area (Å²) in [5.74, 6) is 0.0951. The standard InChI is InChI=1S/C9H14N2OS/c1-10-6-2-4-8(12)11-9-5-3-7-13-9/h3,5,7,10H,2,4,6H2,1H3,(H,11,12). The van der Waals surface area contributed by atoms with Crippen LogP contribution in [0.4, 0.5) is 5.00 Å². The van der Waals surface area contributed by atoms with Gasteiger partial charge in [-0.05, 0) is 37.5 Å². The molecule has 1 rings (SSSR count). The Balaban J connectivity index is 2.18. The second-order valence-electron chi connectivity index (χ2n) is 2.73. The maximum absolute atomic E-state index is 11.3. The molecule has 0 saturated heterocycles. The van der Waals surface area contributed by atoms with Gasteiger partial charge in [0.05, 0.1) is 5.00 Å². The van der Waals surface area contributed by atoms with Gasteiger partial charge < -0.3 is 10.6 Å². The summed E-state index contributed by atoms with van der Waals surface area (Å²) in [4.78, 5) is 11.3. The van der Waals surface area contributed by atoms with Gasteiger partial charge >= 0.3 is 0 Å². The third kappa shape index (κ3) is 4.05. The lowest BCUT2D eigenvalue weighted by Gasteiger charge is -2.01. The van der Waals surface area contributed by atoms with E-state index in [1.807, 2.05) is 24.6 Å². The van der Waals surface area contributed by atoms with Gasteiger partial charge in [0.25, 0.3) is 0 Å². The van der Waals surface area contributed by atoms with Crippen LogP contribution in [0.5, 0.6) is 0 Å². The van der Waals surface area contributed by atoms with Crippen molar-refractivity contribution in [1.82, 2.24) is 5.32 Å². The highest BCUT2D eigenvalue weighted by molar-refractivity contribution is 7.14. The molecule has 0 aliphatic rings. The molecule has 0 atom stereocenters. The quantitative estimate of drug-likeness (QED) is 0.707. The molecule has 13 heavy (non-hydrogen) atoms. The lowest BCUT2D eigenvalue weighted by atomic mass is 10.3. The SMILES string of the molecule is CNCCCC(=O)Nc1cccs1. The zero-order valence-corrected chi connectivity index (χ0v) is 8.49. The highest BCUT2D eigenvalue weighted by Gasteiger charge is 2.01. The summed E-state index contributed by atoms with van der Waals surface area (Å²) in [6.45, 7) is 0.887. The van der Waals surface area contributed by atoms with E-state index in [1.54, 1.807) is 11.3 Å². The third-order valence-electron chi connectivity index (χ3n) is 1.61. The molecule has 0 spiro atoms. The molecule has 0 aliphatic heterocycles. The van der Waals surface area contributed by atoms with Crippen LogP contribution in [0.25, 0.3) is 0 Å². The Bertz CT molecular complexity index is 246. The van der Waals surface area contributed by atoms with Crippen LogP contribution in [0, 0.1) is 0 Å². The van der Waals surface area contributed by atoms with Gasteiger partial charge in [-0.1, -0.05) is 0 Å². The van der Waals surface area contributed by atoms with Crippen molar-refractivity contribution in [3.05, 3.63) is 17.5 Å². The molecule has 0 unspecified atom stereocenters. The molecule has 4 heteroatoms. The number of hydrogen-bond donors (Lipinski definition) is 2. The van der Waals surface area contributed by atoms with Crippen LogP contribution in [-0.4, -0.2) is 19.5 Å². The van der Waals surface area contributed by atoms with Crippen molar-refractivity contribution in [2.75, 3.05) is 18.9 Å². The van der Waals surface area contributed by atoms with Crippen molar-refractivity contribution in [2.24, 2.45) is 0 Å². The minimum absolute atomic E-state index is 0.0951. The maximum atomic E-state index is 11.3. The molecular weight excluding hydrogens is 184 g/mol. The summed E-state index contributed by atoms with van der Waals surface area (Å²) in [6, 6.07) is 3.83. The highest BCUT2D eigenvalue weighted by atomic mass is 32.1. The fraction of sp³-hybridized carbons (Fsp3) is 0.444. The Labute approximate surface area is 82.2 Å². The zero-order valence-electron chi connectivity index (χ0n) is 7.67. The van der Waals surface area contributed by atoms with Gasteiger partial charge in [-0.15, -0.1) is 11.3 Å². The smallest absolute Gasteiger partial charge is 0.225 e. The predicted octanol–water partition coefficient (Wildman–Crippen LogP) is 1.69. The van der Waals surface area contributed by atoms with E-state index in [9.17, 15) is 4.79 Å². The summed E-state index contributed by atoms with van der Waals surface area (Å²) in [5, 5.41) is 8.71. The summed E-state index contributed by atoms with van der Waals surface area (Å²) in [7, 11) is 1.89. The number of thiophene rings is 1.